The van der Waals surface area contributed by atoms with Crippen LogP contribution in [-0.2, 0) is 19.4 Å². The van der Waals surface area contributed by atoms with Crippen LogP contribution in [0.1, 0.15) is 48.8 Å². The van der Waals surface area contributed by atoms with Crippen LogP contribution < -0.4 is 5.63 Å². The minimum Gasteiger partial charge on any atom is -0.423 e. The zero-order chi connectivity index (χ0) is 16.5. The lowest BCUT2D eigenvalue weighted by molar-refractivity contribution is 0.113. The summed E-state index contributed by atoms with van der Waals surface area (Å²) in [4.78, 5) is 14.5. The fourth-order valence-corrected chi connectivity index (χ4v) is 4.39. The second-order valence-corrected chi connectivity index (χ2v) is 7.19. The highest BCUT2D eigenvalue weighted by molar-refractivity contribution is 5.82. The summed E-state index contributed by atoms with van der Waals surface area (Å²) >= 11 is 0. The summed E-state index contributed by atoms with van der Waals surface area (Å²) < 4.78 is 5.48. The Morgan fingerprint density at radius 2 is 1.96 bits per heavy atom. The Morgan fingerprint density at radius 3 is 2.79 bits per heavy atom. The van der Waals surface area contributed by atoms with Gasteiger partial charge < -0.3 is 9.52 Å². The maximum atomic E-state index is 12.0. The van der Waals surface area contributed by atoms with Gasteiger partial charge in [0.05, 0.1) is 0 Å². The Morgan fingerprint density at radius 1 is 1.12 bits per heavy atom. The second kappa shape index (κ2) is 6.69. The SMILES string of the molecule is O=c1cc(CN2CCCCC2CCO)c2cc3c(cc2o1)CCC3. The molecule has 0 amide bonds. The van der Waals surface area contributed by atoms with E-state index in [1.54, 1.807) is 6.07 Å². The average Bonchev–Trinajstić information content (AvgIpc) is 3.02. The standard InChI is InChI=1S/C20H25NO3/c22-9-7-17-6-1-2-8-21(17)13-16-12-20(23)24-19-11-15-5-3-4-14(15)10-18(16)19/h10-12,17,22H,1-9,13H2. The first-order valence-corrected chi connectivity index (χ1v) is 9.18. The van der Waals surface area contributed by atoms with E-state index in [4.69, 9.17) is 4.42 Å². The highest BCUT2D eigenvalue weighted by atomic mass is 16.4. The first-order chi connectivity index (χ1) is 11.7. The maximum absolute atomic E-state index is 12.0. The summed E-state index contributed by atoms with van der Waals surface area (Å²) in [5, 5.41) is 10.4. The number of nitrogens with zero attached hydrogens (tertiary/aromatic N) is 1. The number of hydrogen-bond donors (Lipinski definition) is 1. The van der Waals surface area contributed by atoms with E-state index in [0.717, 1.165) is 55.3 Å². The first-order valence-electron chi connectivity index (χ1n) is 9.18. The number of piperidine rings is 1. The highest BCUT2D eigenvalue weighted by Crippen LogP contribution is 2.30. The number of rotatable bonds is 4. The van der Waals surface area contributed by atoms with Crippen molar-refractivity contribution in [2.24, 2.45) is 0 Å². The Labute approximate surface area is 142 Å². The summed E-state index contributed by atoms with van der Waals surface area (Å²) in [5.74, 6) is 0. The molecule has 2 aromatic rings. The van der Waals surface area contributed by atoms with Gasteiger partial charge in [0.15, 0.2) is 0 Å². The molecule has 2 heterocycles. The zero-order valence-electron chi connectivity index (χ0n) is 14.1. The molecule has 2 aliphatic rings. The van der Waals surface area contributed by atoms with Crippen LogP contribution in [0.25, 0.3) is 11.0 Å². The molecular formula is C20H25NO3. The number of likely N-dealkylation sites (tertiary alicyclic amines) is 1. The van der Waals surface area contributed by atoms with Gasteiger partial charge >= 0.3 is 5.63 Å². The van der Waals surface area contributed by atoms with E-state index in [1.807, 2.05) is 0 Å². The quantitative estimate of drug-likeness (QED) is 0.877. The van der Waals surface area contributed by atoms with E-state index >= 15 is 0 Å². The Kier molecular flexibility index (Phi) is 4.42. The minimum absolute atomic E-state index is 0.229. The van der Waals surface area contributed by atoms with E-state index < -0.39 is 0 Å². The highest BCUT2D eigenvalue weighted by Gasteiger charge is 2.23. The van der Waals surface area contributed by atoms with Crippen LogP contribution in [0.2, 0.25) is 0 Å². The van der Waals surface area contributed by atoms with Crippen LogP contribution >= 0.6 is 0 Å². The molecule has 1 atom stereocenters. The predicted molar refractivity (Wildman–Crippen MR) is 94.3 cm³/mol. The van der Waals surface area contributed by atoms with Crippen LogP contribution in [0.5, 0.6) is 0 Å². The van der Waals surface area contributed by atoms with Crippen LogP contribution in [0.15, 0.2) is 27.4 Å². The maximum Gasteiger partial charge on any atom is 0.336 e. The first kappa shape index (κ1) is 15.9. The largest absolute Gasteiger partial charge is 0.423 e. The molecule has 0 spiro atoms. The minimum atomic E-state index is -0.258. The monoisotopic (exact) mass is 327 g/mol. The molecule has 4 nitrogen and oxygen atoms in total. The van der Waals surface area contributed by atoms with Crippen molar-refractivity contribution < 1.29 is 9.52 Å². The van der Waals surface area contributed by atoms with Gasteiger partial charge in [0.1, 0.15) is 5.58 Å². The molecule has 128 valence electrons. The Balaban J connectivity index is 1.71. The molecule has 1 N–H and O–H groups in total. The normalized spacial score (nSPS) is 21.3. The Hall–Kier alpha value is -1.65. The third-order valence-electron chi connectivity index (χ3n) is 5.63. The lowest BCUT2D eigenvalue weighted by Crippen LogP contribution is -2.39. The molecule has 0 bridgehead atoms. The average molecular weight is 327 g/mol. The molecule has 1 saturated heterocycles. The predicted octanol–water partition coefficient (Wildman–Crippen LogP) is 3.02. The second-order valence-electron chi connectivity index (χ2n) is 7.19. The molecule has 0 radical (unpaired) electrons. The number of aliphatic hydroxyl groups is 1. The Bertz CT molecular complexity index is 793. The molecular weight excluding hydrogens is 302 g/mol. The van der Waals surface area contributed by atoms with Gasteiger partial charge in [0, 0.05) is 30.6 Å². The number of benzene rings is 1. The number of hydrogen-bond acceptors (Lipinski definition) is 4. The number of aliphatic hydroxyl groups excluding tert-OH is 1. The number of fused-ring (bicyclic) bond motifs is 2. The van der Waals surface area contributed by atoms with Gasteiger partial charge in [-0.3, -0.25) is 4.90 Å². The third-order valence-corrected chi connectivity index (χ3v) is 5.63. The molecule has 4 heteroatoms. The van der Waals surface area contributed by atoms with Gasteiger partial charge in [-0.25, -0.2) is 4.79 Å². The zero-order valence-corrected chi connectivity index (χ0v) is 14.1. The fourth-order valence-electron chi connectivity index (χ4n) is 4.39. The van der Waals surface area contributed by atoms with Crippen molar-refractivity contribution >= 4 is 11.0 Å². The molecule has 1 aliphatic heterocycles. The van der Waals surface area contributed by atoms with Gasteiger partial charge in [-0.15, -0.1) is 0 Å². The van der Waals surface area contributed by atoms with Gasteiger partial charge in [-0.1, -0.05) is 6.42 Å². The smallest absolute Gasteiger partial charge is 0.336 e. The molecule has 4 rings (SSSR count). The molecule has 1 fully saturated rings. The van der Waals surface area contributed by atoms with E-state index in [-0.39, 0.29) is 12.2 Å². The third kappa shape index (κ3) is 3.01. The summed E-state index contributed by atoms with van der Waals surface area (Å²) in [7, 11) is 0. The van der Waals surface area contributed by atoms with E-state index in [1.165, 1.54) is 30.4 Å². The lowest BCUT2D eigenvalue weighted by Gasteiger charge is -2.35. The van der Waals surface area contributed by atoms with Crippen molar-refractivity contribution in [3.63, 3.8) is 0 Å². The molecule has 0 saturated carbocycles. The van der Waals surface area contributed by atoms with Gasteiger partial charge in [-0.05, 0) is 73.9 Å². The van der Waals surface area contributed by atoms with Crippen molar-refractivity contribution in [3.8, 4) is 0 Å². The van der Waals surface area contributed by atoms with E-state index in [0.29, 0.717) is 6.04 Å². The molecule has 1 unspecified atom stereocenters. The van der Waals surface area contributed by atoms with Crippen LogP contribution in [0, 0.1) is 0 Å². The van der Waals surface area contributed by atoms with Crippen molar-refractivity contribution in [1.82, 2.24) is 4.90 Å². The topological polar surface area (TPSA) is 53.7 Å². The summed E-state index contributed by atoms with van der Waals surface area (Å²) in [5.41, 5.74) is 4.28. The summed E-state index contributed by atoms with van der Waals surface area (Å²) in [6, 6.07) is 6.39. The molecule has 1 aromatic heterocycles. The fraction of sp³-hybridized carbons (Fsp3) is 0.550. The van der Waals surface area contributed by atoms with Gasteiger partial charge in [0.2, 0.25) is 0 Å². The van der Waals surface area contributed by atoms with Crippen LogP contribution in [-0.4, -0.2) is 29.2 Å². The van der Waals surface area contributed by atoms with E-state index in [9.17, 15) is 9.90 Å². The van der Waals surface area contributed by atoms with Crippen molar-refractivity contribution in [3.05, 3.63) is 45.3 Å². The molecule has 1 aliphatic carbocycles. The van der Waals surface area contributed by atoms with Crippen LogP contribution in [0.3, 0.4) is 0 Å². The van der Waals surface area contributed by atoms with Crippen molar-refractivity contribution in [2.75, 3.05) is 13.2 Å². The lowest BCUT2D eigenvalue weighted by atomic mass is 9.97. The van der Waals surface area contributed by atoms with Crippen molar-refractivity contribution in [2.45, 2.75) is 57.5 Å². The molecule has 24 heavy (non-hydrogen) atoms. The van der Waals surface area contributed by atoms with Gasteiger partial charge in [0.25, 0.3) is 0 Å². The molecule has 1 aromatic carbocycles. The summed E-state index contributed by atoms with van der Waals surface area (Å²) in [6.07, 6.45) is 7.77. The van der Waals surface area contributed by atoms with Crippen molar-refractivity contribution in [1.29, 1.82) is 0 Å². The number of aryl methyl sites for hydroxylation is 2. The van der Waals surface area contributed by atoms with Gasteiger partial charge in [-0.2, -0.15) is 0 Å². The van der Waals surface area contributed by atoms with E-state index in [2.05, 4.69) is 17.0 Å². The summed E-state index contributed by atoms with van der Waals surface area (Å²) in [6.45, 7) is 2.04. The van der Waals surface area contributed by atoms with Crippen LogP contribution in [0.4, 0.5) is 0 Å².